The molecule has 1 aliphatic heterocycles. The van der Waals surface area contributed by atoms with Gasteiger partial charge in [-0.15, -0.1) is 0 Å². The summed E-state index contributed by atoms with van der Waals surface area (Å²) in [4.78, 5) is 10.9. The minimum Gasteiger partial charge on any atom is -0.489 e. The van der Waals surface area contributed by atoms with Crippen molar-refractivity contribution in [3.63, 3.8) is 0 Å². The van der Waals surface area contributed by atoms with E-state index in [1.54, 1.807) is 6.92 Å². The van der Waals surface area contributed by atoms with E-state index in [0.717, 1.165) is 0 Å². The fourth-order valence-corrected chi connectivity index (χ4v) is 0.943. The topological polar surface area (TPSA) is 66.8 Å². The summed E-state index contributed by atoms with van der Waals surface area (Å²) in [7, 11) is 0. The Balaban J connectivity index is 2.76. The quantitative estimate of drug-likeness (QED) is 0.525. The van der Waals surface area contributed by atoms with Gasteiger partial charge < -0.3 is 14.9 Å². The molecule has 0 aromatic rings. The lowest BCUT2D eigenvalue weighted by Crippen LogP contribution is -2.40. The van der Waals surface area contributed by atoms with Crippen molar-refractivity contribution in [3.8, 4) is 0 Å². The maximum Gasteiger partial charge on any atom is 0.191 e. The highest BCUT2D eigenvalue weighted by atomic mass is 16.5. The van der Waals surface area contributed by atoms with Crippen molar-refractivity contribution < 1.29 is 19.7 Å². The van der Waals surface area contributed by atoms with Crippen LogP contribution in [0.3, 0.4) is 0 Å². The first-order valence-electron chi connectivity index (χ1n) is 3.33. The molecule has 2 atom stereocenters. The third-order valence-corrected chi connectivity index (χ3v) is 1.51. The molecule has 1 aliphatic rings. The van der Waals surface area contributed by atoms with Crippen LogP contribution in [0, 0.1) is 0 Å². The first-order valence-corrected chi connectivity index (χ1v) is 3.33. The van der Waals surface area contributed by atoms with Crippen LogP contribution in [-0.4, -0.2) is 34.8 Å². The summed E-state index contributed by atoms with van der Waals surface area (Å²) in [5, 5.41) is 17.7. The molecule has 4 heteroatoms. The Morgan fingerprint density at radius 3 is 2.91 bits per heavy atom. The van der Waals surface area contributed by atoms with Crippen LogP contribution in [0.25, 0.3) is 0 Å². The van der Waals surface area contributed by atoms with E-state index in [-0.39, 0.29) is 6.61 Å². The monoisotopic (exact) mass is 158 g/mol. The number of hydrogen-bond donors (Lipinski definition) is 2. The Morgan fingerprint density at radius 1 is 1.73 bits per heavy atom. The zero-order chi connectivity index (χ0) is 8.43. The molecule has 0 aromatic carbocycles. The molecule has 1 heterocycles. The summed E-state index contributed by atoms with van der Waals surface area (Å²) in [6.07, 6.45) is -0.798. The molecule has 0 spiro atoms. The van der Waals surface area contributed by atoms with Crippen LogP contribution in [0.4, 0.5) is 0 Å². The maximum atomic E-state index is 10.9. The van der Waals surface area contributed by atoms with Crippen molar-refractivity contribution in [2.75, 3.05) is 6.61 Å². The smallest absolute Gasteiger partial charge is 0.191 e. The second-order valence-electron chi connectivity index (χ2n) is 2.44. The zero-order valence-electron chi connectivity index (χ0n) is 6.15. The molecule has 0 aliphatic carbocycles. The number of carbonyl (C=O) groups excluding carboxylic acids is 1. The van der Waals surface area contributed by atoms with Crippen LogP contribution in [-0.2, 0) is 9.53 Å². The van der Waals surface area contributed by atoms with Gasteiger partial charge in [0.1, 0.15) is 0 Å². The second-order valence-corrected chi connectivity index (χ2v) is 2.44. The molecule has 0 aromatic heterocycles. The summed E-state index contributed by atoms with van der Waals surface area (Å²) < 4.78 is 4.96. The van der Waals surface area contributed by atoms with Crippen LogP contribution in [0.1, 0.15) is 6.92 Å². The van der Waals surface area contributed by atoms with Crippen LogP contribution >= 0.6 is 0 Å². The number of ketones is 1. The van der Waals surface area contributed by atoms with Gasteiger partial charge in [-0.1, -0.05) is 0 Å². The second kappa shape index (κ2) is 3.02. The van der Waals surface area contributed by atoms with Crippen molar-refractivity contribution in [2.45, 2.75) is 19.1 Å². The molecule has 0 bridgehead atoms. The van der Waals surface area contributed by atoms with E-state index in [0.29, 0.717) is 5.76 Å². The average Bonchev–Trinajstić information content (AvgIpc) is 1.96. The van der Waals surface area contributed by atoms with Crippen LogP contribution in [0.15, 0.2) is 11.8 Å². The van der Waals surface area contributed by atoms with E-state index in [9.17, 15) is 4.79 Å². The molecule has 11 heavy (non-hydrogen) atoms. The normalized spacial score (nSPS) is 31.2. The number of aliphatic hydroxyl groups excluding tert-OH is 2. The van der Waals surface area contributed by atoms with Crippen molar-refractivity contribution in [1.29, 1.82) is 0 Å². The lowest BCUT2D eigenvalue weighted by Gasteiger charge is -2.24. The summed E-state index contributed by atoms with van der Waals surface area (Å²) in [5.41, 5.74) is 0. The number of allylic oxidation sites excluding steroid dienone is 1. The zero-order valence-corrected chi connectivity index (χ0v) is 6.15. The number of aliphatic hydroxyl groups is 2. The lowest BCUT2D eigenvalue weighted by molar-refractivity contribution is -0.134. The fourth-order valence-electron chi connectivity index (χ4n) is 0.943. The average molecular weight is 158 g/mol. The maximum absolute atomic E-state index is 10.9. The highest BCUT2D eigenvalue weighted by Crippen LogP contribution is 2.13. The molecule has 0 saturated carbocycles. The standard InChI is InChI=1S/C7H10O4/c1-4-2-5(9)7(10)6(3-8)11-4/h2,6-8,10H,3H2,1H3. The van der Waals surface area contributed by atoms with Gasteiger partial charge in [-0.2, -0.15) is 0 Å². The lowest BCUT2D eigenvalue weighted by atomic mass is 10.1. The van der Waals surface area contributed by atoms with E-state index in [4.69, 9.17) is 14.9 Å². The van der Waals surface area contributed by atoms with Crippen molar-refractivity contribution >= 4 is 5.78 Å². The molecule has 0 radical (unpaired) electrons. The molecule has 0 fully saturated rings. The van der Waals surface area contributed by atoms with E-state index >= 15 is 0 Å². The van der Waals surface area contributed by atoms with Gasteiger partial charge in [0.05, 0.1) is 12.4 Å². The van der Waals surface area contributed by atoms with E-state index in [2.05, 4.69) is 0 Å². The van der Waals surface area contributed by atoms with Gasteiger partial charge in [0.2, 0.25) is 0 Å². The first-order chi connectivity index (χ1) is 5.15. The molecule has 62 valence electrons. The molecule has 2 unspecified atom stereocenters. The Bertz CT molecular complexity index is 197. The van der Waals surface area contributed by atoms with Gasteiger partial charge in [-0.3, -0.25) is 4.79 Å². The number of rotatable bonds is 1. The van der Waals surface area contributed by atoms with Gasteiger partial charge in [0, 0.05) is 6.08 Å². The van der Waals surface area contributed by atoms with Crippen molar-refractivity contribution in [1.82, 2.24) is 0 Å². The largest absolute Gasteiger partial charge is 0.489 e. The van der Waals surface area contributed by atoms with Gasteiger partial charge in [-0.05, 0) is 6.92 Å². The summed E-state index contributed by atoms with van der Waals surface area (Å²) in [6.45, 7) is 1.25. The Kier molecular flexibility index (Phi) is 2.26. The van der Waals surface area contributed by atoms with Crippen LogP contribution < -0.4 is 0 Å². The summed E-state index contributed by atoms with van der Waals surface area (Å²) in [6, 6.07) is 0. The third kappa shape index (κ3) is 1.58. The Morgan fingerprint density at radius 2 is 2.36 bits per heavy atom. The highest BCUT2D eigenvalue weighted by Gasteiger charge is 2.29. The molecule has 0 saturated heterocycles. The van der Waals surface area contributed by atoms with Crippen LogP contribution in [0.5, 0.6) is 0 Å². The molecule has 2 N–H and O–H groups in total. The van der Waals surface area contributed by atoms with Gasteiger partial charge >= 0.3 is 0 Å². The first kappa shape index (κ1) is 8.23. The Labute approximate surface area is 64.1 Å². The van der Waals surface area contributed by atoms with Gasteiger partial charge in [-0.25, -0.2) is 0 Å². The highest BCUT2D eigenvalue weighted by molar-refractivity contribution is 5.94. The van der Waals surface area contributed by atoms with E-state index in [1.165, 1.54) is 6.08 Å². The summed E-state index contributed by atoms with van der Waals surface area (Å²) in [5.74, 6) is 0.0205. The Hall–Kier alpha value is -0.870. The predicted molar refractivity (Wildman–Crippen MR) is 36.7 cm³/mol. The minimum atomic E-state index is -1.22. The van der Waals surface area contributed by atoms with Crippen LogP contribution in [0.2, 0.25) is 0 Å². The SMILES string of the molecule is CC1=CC(=O)C(O)C(CO)O1. The predicted octanol–water partition coefficient (Wildman–Crippen LogP) is -0.789. The molecule has 4 nitrogen and oxygen atoms in total. The fraction of sp³-hybridized carbons (Fsp3) is 0.571. The molecule has 0 amide bonds. The van der Waals surface area contributed by atoms with E-state index < -0.39 is 18.0 Å². The molecular weight excluding hydrogens is 148 g/mol. The van der Waals surface area contributed by atoms with E-state index in [1.807, 2.05) is 0 Å². The number of hydrogen-bond acceptors (Lipinski definition) is 4. The minimum absolute atomic E-state index is 0.349. The molecule has 1 rings (SSSR count). The van der Waals surface area contributed by atoms with Crippen molar-refractivity contribution in [2.24, 2.45) is 0 Å². The summed E-state index contributed by atoms with van der Waals surface area (Å²) >= 11 is 0. The number of ether oxygens (including phenoxy) is 1. The van der Waals surface area contributed by atoms with Gasteiger partial charge in [0.25, 0.3) is 0 Å². The third-order valence-electron chi connectivity index (χ3n) is 1.51. The number of carbonyl (C=O) groups is 1. The van der Waals surface area contributed by atoms with Crippen molar-refractivity contribution in [3.05, 3.63) is 11.8 Å². The molecular formula is C7H10O4. The van der Waals surface area contributed by atoms with Gasteiger partial charge in [0.15, 0.2) is 18.0 Å².